The zero-order chi connectivity index (χ0) is 17.2. The molecule has 9 heteroatoms. The van der Waals surface area contributed by atoms with Crippen LogP contribution < -0.4 is 10.2 Å². The maximum absolute atomic E-state index is 12.1. The molecule has 1 aliphatic heterocycles. The Morgan fingerprint density at radius 2 is 2.04 bits per heavy atom. The number of carbonyl (C=O) groups excluding carboxylic acids is 2. The number of rotatable bonds is 4. The van der Waals surface area contributed by atoms with Crippen molar-refractivity contribution < 1.29 is 18.0 Å². The normalized spacial score (nSPS) is 19.3. The fraction of sp³-hybridized carbons (Fsp3) is 0.429. The van der Waals surface area contributed by atoms with E-state index in [4.69, 9.17) is 23.2 Å². The molecular weight excluding hydrogens is 363 g/mol. The summed E-state index contributed by atoms with van der Waals surface area (Å²) in [6.45, 7) is 1.05. The van der Waals surface area contributed by atoms with E-state index in [1.165, 1.54) is 24.0 Å². The second-order valence-corrected chi connectivity index (χ2v) is 8.44. The zero-order valence-electron chi connectivity index (χ0n) is 12.4. The fourth-order valence-electron chi connectivity index (χ4n) is 2.38. The van der Waals surface area contributed by atoms with Crippen LogP contribution in [0.25, 0.3) is 0 Å². The van der Waals surface area contributed by atoms with Gasteiger partial charge in [-0.25, -0.2) is 8.42 Å². The van der Waals surface area contributed by atoms with Crippen molar-refractivity contribution in [1.82, 2.24) is 5.32 Å². The minimum Gasteiger partial charge on any atom is -0.351 e. The zero-order valence-corrected chi connectivity index (χ0v) is 14.7. The van der Waals surface area contributed by atoms with E-state index in [9.17, 15) is 18.0 Å². The third-order valence-corrected chi connectivity index (χ3v) is 5.80. The Kier molecular flexibility index (Phi) is 5.54. The van der Waals surface area contributed by atoms with Gasteiger partial charge in [0.25, 0.3) is 0 Å². The molecule has 1 N–H and O–H groups in total. The molecule has 0 bridgehead atoms. The molecule has 1 aromatic rings. The van der Waals surface area contributed by atoms with E-state index in [0.29, 0.717) is 22.2 Å². The van der Waals surface area contributed by atoms with Gasteiger partial charge in [-0.1, -0.05) is 23.2 Å². The first-order chi connectivity index (χ1) is 10.7. The molecule has 0 spiro atoms. The standard InChI is InChI=1S/C14H16Cl2N2O4S/c1-9(19)18(13-6-10(15)2-3-12(13)16)7-14(20)17-11-4-5-23(21,22)8-11/h2-3,6,11H,4-5,7-8H2,1H3,(H,17,20). The highest BCUT2D eigenvalue weighted by molar-refractivity contribution is 7.91. The minimum atomic E-state index is -3.08. The molecule has 0 aliphatic carbocycles. The van der Waals surface area contributed by atoms with Crippen LogP contribution in [0.5, 0.6) is 0 Å². The Balaban J connectivity index is 2.09. The summed E-state index contributed by atoms with van der Waals surface area (Å²) in [5.41, 5.74) is 0.334. The van der Waals surface area contributed by atoms with Crippen molar-refractivity contribution in [2.75, 3.05) is 23.0 Å². The van der Waals surface area contributed by atoms with Crippen LogP contribution >= 0.6 is 23.2 Å². The van der Waals surface area contributed by atoms with Gasteiger partial charge in [0.15, 0.2) is 9.84 Å². The van der Waals surface area contributed by atoms with Gasteiger partial charge < -0.3 is 10.2 Å². The summed E-state index contributed by atoms with van der Waals surface area (Å²) in [4.78, 5) is 25.2. The first-order valence-electron chi connectivity index (χ1n) is 6.91. The smallest absolute Gasteiger partial charge is 0.240 e. The maximum Gasteiger partial charge on any atom is 0.240 e. The van der Waals surface area contributed by atoms with E-state index in [1.54, 1.807) is 6.07 Å². The number of carbonyl (C=O) groups is 2. The largest absolute Gasteiger partial charge is 0.351 e. The lowest BCUT2D eigenvalue weighted by molar-refractivity contribution is -0.123. The Morgan fingerprint density at radius 3 is 2.61 bits per heavy atom. The van der Waals surface area contributed by atoms with Crippen LogP contribution in [-0.2, 0) is 19.4 Å². The Hall–Kier alpha value is -1.31. The monoisotopic (exact) mass is 378 g/mol. The Labute approximate surface area is 144 Å². The van der Waals surface area contributed by atoms with Gasteiger partial charge >= 0.3 is 0 Å². The first-order valence-corrected chi connectivity index (χ1v) is 9.48. The summed E-state index contributed by atoms with van der Waals surface area (Å²) in [5, 5.41) is 3.32. The van der Waals surface area contributed by atoms with Crippen molar-refractivity contribution in [2.24, 2.45) is 0 Å². The van der Waals surface area contributed by atoms with E-state index in [0.717, 1.165) is 0 Å². The summed E-state index contributed by atoms with van der Waals surface area (Å²) >= 11 is 12.0. The van der Waals surface area contributed by atoms with Gasteiger partial charge in [0.2, 0.25) is 11.8 Å². The van der Waals surface area contributed by atoms with Gasteiger partial charge in [-0.05, 0) is 24.6 Å². The van der Waals surface area contributed by atoms with Gasteiger partial charge in [0.1, 0.15) is 6.54 Å². The lowest BCUT2D eigenvalue weighted by Crippen LogP contribution is -2.44. The fourth-order valence-corrected chi connectivity index (χ4v) is 4.44. The molecule has 0 saturated carbocycles. The number of halogens is 2. The number of benzene rings is 1. The average Bonchev–Trinajstić information content (AvgIpc) is 2.78. The number of hydrogen-bond donors (Lipinski definition) is 1. The first kappa shape index (κ1) is 18.0. The summed E-state index contributed by atoms with van der Waals surface area (Å²) < 4.78 is 22.8. The molecular formula is C14H16Cl2N2O4S. The van der Waals surface area contributed by atoms with E-state index in [1.807, 2.05) is 0 Å². The van der Waals surface area contributed by atoms with Crippen molar-refractivity contribution >= 4 is 50.5 Å². The molecule has 1 unspecified atom stereocenters. The van der Waals surface area contributed by atoms with Crippen LogP contribution in [0.3, 0.4) is 0 Å². The quantitative estimate of drug-likeness (QED) is 0.862. The van der Waals surface area contributed by atoms with Gasteiger partial charge in [-0.2, -0.15) is 0 Å². The van der Waals surface area contributed by atoms with Crippen molar-refractivity contribution in [3.8, 4) is 0 Å². The van der Waals surface area contributed by atoms with E-state index < -0.39 is 21.8 Å². The average molecular weight is 379 g/mol. The van der Waals surface area contributed by atoms with Crippen LogP contribution in [0.2, 0.25) is 10.0 Å². The molecule has 1 saturated heterocycles. The Morgan fingerprint density at radius 1 is 1.35 bits per heavy atom. The number of nitrogens with one attached hydrogen (secondary N) is 1. The highest BCUT2D eigenvalue weighted by Crippen LogP contribution is 2.29. The summed E-state index contributed by atoms with van der Waals surface area (Å²) in [5.74, 6) is -0.827. The molecule has 1 heterocycles. The summed E-state index contributed by atoms with van der Waals surface area (Å²) in [6, 6.07) is 4.20. The van der Waals surface area contributed by atoms with Crippen molar-refractivity contribution in [3.63, 3.8) is 0 Å². The van der Waals surface area contributed by atoms with E-state index in [-0.39, 0.29) is 24.0 Å². The van der Waals surface area contributed by atoms with Gasteiger partial charge in [0, 0.05) is 18.0 Å². The molecule has 1 aromatic carbocycles. The number of hydrogen-bond acceptors (Lipinski definition) is 4. The second-order valence-electron chi connectivity index (χ2n) is 5.37. The van der Waals surface area contributed by atoms with Gasteiger partial charge in [-0.3, -0.25) is 9.59 Å². The third kappa shape index (κ3) is 4.83. The van der Waals surface area contributed by atoms with E-state index >= 15 is 0 Å². The SMILES string of the molecule is CC(=O)N(CC(=O)NC1CCS(=O)(=O)C1)c1cc(Cl)ccc1Cl. The molecule has 1 aliphatic rings. The van der Waals surface area contributed by atoms with Crippen LogP contribution in [0.1, 0.15) is 13.3 Å². The van der Waals surface area contributed by atoms with Crippen molar-refractivity contribution in [3.05, 3.63) is 28.2 Å². The molecule has 1 fully saturated rings. The van der Waals surface area contributed by atoms with Crippen LogP contribution in [0.15, 0.2) is 18.2 Å². The van der Waals surface area contributed by atoms with Gasteiger partial charge in [-0.15, -0.1) is 0 Å². The highest BCUT2D eigenvalue weighted by Gasteiger charge is 2.29. The minimum absolute atomic E-state index is 0.0640. The summed E-state index contributed by atoms with van der Waals surface area (Å²) in [7, 11) is -3.08. The third-order valence-electron chi connectivity index (χ3n) is 3.48. The maximum atomic E-state index is 12.1. The summed E-state index contributed by atoms with van der Waals surface area (Å²) in [6.07, 6.45) is 0.381. The number of nitrogens with zero attached hydrogens (tertiary/aromatic N) is 1. The predicted octanol–water partition coefficient (Wildman–Crippen LogP) is 1.65. The van der Waals surface area contributed by atoms with E-state index in [2.05, 4.69) is 5.32 Å². The van der Waals surface area contributed by atoms with Gasteiger partial charge in [0.05, 0.1) is 22.2 Å². The lowest BCUT2D eigenvalue weighted by Gasteiger charge is -2.23. The molecule has 0 aromatic heterocycles. The highest BCUT2D eigenvalue weighted by atomic mass is 35.5. The van der Waals surface area contributed by atoms with Crippen LogP contribution in [0, 0.1) is 0 Å². The van der Waals surface area contributed by atoms with Crippen molar-refractivity contribution in [2.45, 2.75) is 19.4 Å². The second kappa shape index (κ2) is 7.07. The number of anilines is 1. The van der Waals surface area contributed by atoms with Crippen LogP contribution in [-0.4, -0.2) is 44.3 Å². The van der Waals surface area contributed by atoms with Crippen LogP contribution in [0.4, 0.5) is 5.69 Å². The topological polar surface area (TPSA) is 83.6 Å². The molecule has 0 radical (unpaired) electrons. The molecule has 23 heavy (non-hydrogen) atoms. The lowest BCUT2D eigenvalue weighted by atomic mass is 10.2. The number of amides is 2. The predicted molar refractivity (Wildman–Crippen MR) is 89.7 cm³/mol. The molecule has 6 nitrogen and oxygen atoms in total. The Bertz CT molecular complexity index is 736. The van der Waals surface area contributed by atoms with Crippen molar-refractivity contribution in [1.29, 1.82) is 0 Å². The molecule has 2 amide bonds. The molecule has 2 rings (SSSR count). The molecule has 1 atom stereocenters. The molecule has 126 valence electrons. The number of sulfone groups is 1.